The summed E-state index contributed by atoms with van der Waals surface area (Å²) in [6.45, 7) is 3.57. The largest absolute Gasteiger partial charge is 0.496 e. The number of ether oxygens (including phenoxy) is 2. The number of rotatable bonds is 7. The van der Waals surface area contributed by atoms with Crippen LogP contribution in [0.3, 0.4) is 0 Å². The number of aromatic nitrogens is 1. The molecule has 0 saturated carbocycles. The second kappa shape index (κ2) is 8.27. The SMILES string of the molecule is CCCC(C)(NC(=O)c1cc(Cl)c(-n2cccc2)cc1OC)C(=O)OC. The van der Waals surface area contributed by atoms with Crippen LogP contribution in [0.4, 0.5) is 0 Å². The monoisotopic (exact) mass is 378 g/mol. The van der Waals surface area contributed by atoms with Crippen molar-refractivity contribution in [2.75, 3.05) is 14.2 Å². The Hall–Kier alpha value is -2.47. The molecular weight excluding hydrogens is 356 g/mol. The lowest BCUT2D eigenvalue weighted by Crippen LogP contribution is -2.52. The smallest absolute Gasteiger partial charge is 0.331 e. The van der Waals surface area contributed by atoms with Crippen molar-refractivity contribution in [1.29, 1.82) is 0 Å². The highest BCUT2D eigenvalue weighted by Crippen LogP contribution is 2.30. The molecule has 1 unspecified atom stereocenters. The van der Waals surface area contributed by atoms with Gasteiger partial charge in [0.1, 0.15) is 11.3 Å². The molecular formula is C19H23ClN2O4. The zero-order valence-corrected chi connectivity index (χ0v) is 16.1. The molecule has 2 rings (SSSR count). The maximum absolute atomic E-state index is 12.8. The molecule has 0 aliphatic rings. The highest BCUT2D eigenvalue weighted by Gasteiger charge is 2.36. The Morgan fingerprint density at radius 2 is 1.88 bits per heavy atom. The van der Waals surface area contributed by atoms with Crippen LogP contribution in [-0.2, 0) is 9.53 Å². The first kappa shape index (κ1) is 19.8. The van der Waals surface area contributed by atoms with E-state index in [0.717, 1.165) is 0 Å². The Morgan fingerprint density at radius 1 is 1.23 bits per heavy atom. The summed E-state index contributed by atoms with van der Waals surface area (Å²) in [6, 6.07) is 6.97. The van der Waals surface area contributed by atoms with Crippen LogP contribution >= 0.6 is 11.6 Å². The Kier molecular flexibility index (Phi) is 6.32. The number of hydrogen-bond donors (Lipinski definition) is 1. The lowest BCUT2D eigenvalue weighted by atomic mass is 9.95. The molecule has 1 heterocycles. The number of halogens is 1. The van der Waals surface area contributed by atoms with Gasteiger partial charge in [-0.15, -0.1) is 0 Å². The van der Waals surface area contributed by atoms with Crippen LogP contribution in [0.5, 0.6) is 5.75 Å². The van der Waals surface area contributed by atoms with E-state index in [1.165, 1.54) is 20.3 Å². The molecule has 140 valence electrons. The summed E-state index contributed by atoms with van der Waals surface area (Å²) >= 11 is 6.37. The second-order valence-corrected chi connectivity index (χ2v) is 6.53. The molecule has 1 aromatic carbocycles. The number of amides is 1. The molecule has 26 heavy (non-hydrogen) atoms. The topological polar surface area (TPSA) is 69.6 Å². The molecule has 0 fully saturated rings. The molecule has 0 aliphatic heterocycles. The predicted octanol–water partition coefficient (Wildman–Crippen LogP) is 3.60. The third-order valence-corrected chi connectivity index (χ3v) is 4.47. The number of carbonyl (C=O) groups is 2. The average Bonchev–Trinajstić information content (AvgIpc) is 3.15. The summed E-state index contributed by atoms with van der Waals surface area (Å²) in [5.74, 6) is -0.592. The molecule has 0 saturated heterocycles. The summed E-state index contributed by atoms with van der Waals surface area (Å²) in [6.07, 6.45) is 4.84. The zero-order valence-electron chi connectivity index (χ0n) is 15.3. The van der Waals surface area contributed by atoms with Gasteiger partial charge in [0.2, 0.25) is 0 Å². The zero-order chi connectivity index (χ0) is 19.3. The summed E-state index contributed by atoms with van der Waals surface area (Å²) in [7, 11) is 2.77. The van der Waals surface area contributed by atoms with Gasteiger partial charge in [-0.1, -0.05) is 24.9 Å². The van der Waals surface area contributed by atoms with Crippen LogP contribution in [0.25, 0.3) is 5.69 Å². The van der Waals surface area contributed by atoms with Crippen LogP contribution in [0.15, 0.2) is 36.7 Å². The normalized spacial score (nSPS) is 13.0. The third kappa shape index (κ3) is 4.02. The number of hydrogen-bond acceptors (Lipinski definition) is 4. The highest BCUT2D eigenvalue weighted by molar-refractivity contribution is 6.33. The Balaban J connectivity index is 2.39. The maximum atomic E-state index is 12.8. The third-order valence-electron chi connectivity index (χ3n) is 4.17. The van der Waals surface area contributed by atoms with Crippen LogP contribution in [0.2, 0.25) is 5.02 Å². The molecule has 0 spiro atoms. The second-order valence-electron chi connectivity index (χ2n) is 6.12. The van der Waals surface area contributed by atoms with E-state index >= 15 is 0 Å². The van der Waals surface area contributed by atoms with E-state index in [0.29, 0.717) is 29.3 Å². The van der Waals surface area contributed by atoms with E-state index in [9.17, 15) is 9.59 Å². The van der Waals surface area contributed by atoms with Gasteiger partial charge >= 0.3 is 5.97 Å². The summed E-state index contributed by atoms with van der Waals surface area (Å²) in [5.41, 5.74) is -0.189. The van der Waals surface area contributed by atoms with Gasteiger partial charge in [-0.05, 0) is 31.5 Å². The number of carbonyl (C=O) groups excluding carboxylic acids is 2. The molecule has 1 atom stereocenters. The van der Waals surface area contributed by atoms with Gasteiger partial charge < -0.3 is 19.4 Å². The first-order valence-corrected chi connectivity index (χ1v) is 8.66. The van der Waals surface area contributed by atoms with Crippen LogP contribution in [-0.4, -0.2) is 36.2 Å². The van der Waals surface area contributed by atoms with Crippen LogP contribution < -0.4 is 10.1 Å². The first-order chi connectivity index (χ1) is 12.4. The van der Waals surface area contributed by atoms with Gasteiger partial charge in [0.15, 0.2) is 0 Å². The van der Waals surface area contributed by atoms with Gasteiger partial charge in [-0.3, -0.25) is 4.79 Å². The fourth-order valence-corrected chi connectivity index (χ4v) is 3.10. The quantitative estimate of drug-likeness (QED) is 0.747. The molecule has 0 radical (unpaired) electrons. The average molecular weight is 379 g/mol. The molecule has 1 amide bonds. The molecule has 7 heteroatoms. The highest BCUT2D eigenvalue weighted by atomic mass is 35.5. The minimum absolute atomic E-state index is 0.250. The van der Waals surface area contributed by atoms with E-state index in [4.69, 9.17) is 21.1 Å². The van der Waals surface area contributed by atoms with E-state index in [2.05, 4.69) is 5.32 Å². The Labute approximate surface area is 158 Å². The fraction of sp³-hybridized carbons (Fsp3) is 0.368. The molecule has 0 bridgehead atoms. The van der Waals surface area contributed by atoms with Crippen molar-refractivity contribution in [3.63, 3.8) is 0 Å². The summed E-state index contributed by atoms with van der Waals surface area (Å²) in [4.78, 5) is 24.9. The van der Waals surface area contributed by atoms with Gasteiger partial charge in [0.25, 0.3) is 5.91 Å². The minimum atomic E-state index is -1.13. The number of benzene rings is 1. The lowest BCUT2D eigenvalue weighted by Gasteiger charge is -2.28. The number of nitrogens with zero attached hydrogens (tertiary/aromatic N) is 1. The summed E-state index contributed by atoms with van der Waals surface area (Å²) < 4.78 is 12.0. The molecule has 2 aromatic rings. The van der Waals surface area contributed by atoms with E-state index in [-0.39, 0.29) is 5.56 Å². The molecule has 1 aromatic heterocycles. The number of methoxy groups -OCH3 is 2. The number of esters is 1. The van der Waals surface area contributed by atoms with Crippen molar-refractivity contribution in [1.82, 2.24) is 9.88 Å². The van der Waals surface area contributed by atoms with Crippen LogP contribution in [0.1, 0.15) is 37.0 Å². The minimum Gasteiger partial charge on any atom is -0.496 e. The predicted molar refractivity (Wildman–Crippen MR) is 100 cm³/mol. The van der Waals surface area contributed by atoms with Gasteiger partial charge in [-0.2, -0.15) is 0 Å². The van der Waals surface area contributed by atoms with E-state index in [1.807, 2.05) is 36.0 Å². The first-order valence-electron chi connectivity index (χ1n) is 8.28. The Bertz CT molecular complexity index is 789. The summed E-state index contributed by atoms with van der Waals surface area (Å²) in [5, 5.41) is 3.15. The van der Waals surface area contributed by atoms with Crippen LogP contribution in [0, 0.1) is 0 Å². The van der Waals surface area contributed by atoms with Gasteiger partial charge in [0, 0.05) is 18.5 Å². The Morgan fingerprint density at radius 3 is 2.42 bits per heavy atom. The van der Waals surface area contributed by atoms with Crippen molar-refractivity contribution in [3.05, 3.63) is 47.2 Å². The molecule has 0 aliphatic carbocycles. The van der Waals surface area contributed by atoms with Crippen molar-refractivity contribution < 1.29 is 19.1 Å². The fourth-order valence-electron chi connectivity index (χ4n) is 2.84. The van der Waals surface area contributed by atoms with Gasteiger partial charge in [0.05, 0.1) is 30.5 Å². The maximum Gasteiger partial charge on any atom is 0.331 e. The van der Waals surface area contributed by atoms with Gasteiger partial charge in [-0.25, -0.2) is 4.79 Å². The standard InChI is InChI=1S/C19H23ClN2O4/c1-5-8-19(2,18(24)26-4)21-17(23)13-11-14(20)15(12-16(13)25-3)22-9-6-7-10-22/h6-7,9-12H,5,8H2,1-4H3,(H,21,23). The van der Waals surface area contributed by atoms with Crippen molar-refractivity contribution in [3.8, 4) is 11.4 Å². The molecule has 6 nitrogen and oxygen atoms in total. The number of nitrogens with one attached hydrogen (secondary N) is 1. The lowest BCUT2D eigenvalue weighted by molar-refractivity contribution is -0.147. The van der Waals surface area contributed by atoms with Crippen molar-refractivity contribution in [2.45, 2.75) is 32.2 Å². The van der Waals surface area contributed by atoms with Crippen molar-refractivity contribution in [2.24, 2.45) is 0 Å². The van der Waals surface area contributed by atoms with E-state index in [1.54, 1.807) is 13.0 Å². The van der Waals surface area contributed by atoms with Crippen molar-refractivity contribution >= 4 is 23.5 Å². The van der Waals surface area contributed by atoms with E-state index < -0.39 is 17.4 Å². The molecule has 1 N–H and O–H groups in total.